The number of amides is 1. The van der Waals surface area contributed by atoms with Gasteiger partial charge < -0.3 is 5.32 Å². The zero-order valence-electron chi connectivity index (χ0n) is 11.4. The number of hydrogen-bond donors (Lipinski definition) is 1. The number of aryl methyl sites for hydroxylation is 1. The Morgan fingerprint density at radius 2 is 2.20 bits per heavy atom. The standard InChI is InChI=1S/C16H18N2OS/c17-10-13-12-8-4-5-9-14(12)20-16(13)18-15(19)11-6-2-1-3-7-11/h1-2,11H,3-9H2,(H,18,19). The first-order valence-electron chi connectivity index (χ1n) is 7.30. The van der Waals surface area contributed by atoms with Gasteiger partial charge in [-0.2, -0.15) is 5.26 Å². The van der Waals surface area contributed by atoms with E-state index in [9.17, 15) is 10.1 Å². The fourth-order valence-electron chi connectivity index (χ4n) is 3.02. The maximum absolute atomic E-state index is 12.3. The van der Waals surface area contributed by atoms with Crippen molar-refractivity contribution in [3.05, 3.63) is 28.2 Å². The van der Waals surface area contributed by atoms with Crippen molar-refractivity contribution in [2.75, 3.05) is 5.32 Å². The van der Waals surface area contributed by atoms with Crippen LogP contribution in [0.5, 0.6) is 0 Å². The summed E-state index contributed by atoms with van der Waals surface area (Å²) in [4.78, 5) is 13.6. The lowest BCUT2D eigenvalue weighted by atomic mass is 9.93. The average Bonchev–Trinajstić information content (AvgIpc) is 2.85. The highest BCUT2D eigenvalue weighted by Crippen LogP contribution is 2.38. The van der Waals surface area contributed by atoms with E-state index in [0.717, 1.165) is 43.5 Å². The highest BCUT2D eigenvalue weighted by atomic mass is 32.1. The molecule has 3 rings (SSSR count). The Kier molecular flexibility index (Phi) is 3.88. The summed E-state index contributed by atoms with van der Waals surface area (Å²) in [5.74, 6) is 0.134. The quantitative estimate of drug-likeness (QED) is 0.841. The molecule has 0 spiro atoms. The van der Waals surface area contributed by atoms with E-state index in [2.05, 4.69) is 23.5 Å². The Hall–Kier alpha value is -1.60. The summed E-state index contributed by atoms with van der Waals surface area (Å²) in [6, 6.07) is 2.29. The second-order valence-corrected chi connectivity index (χ2v) is 6.60. The molecule has 1 aromatic heterocycles. The lowest BCUT2D eigenvalue weighted by molar-refractivity contribution is -0.120. The summed E-state index contributed by atoms with van der Waals surface area (Å²) in [7, 11) is 0. The zero-order chi connectivity index (χ0) is 13.9. The smallest absolute Gasteiger partial charge is 0.228 e. The summed E-state index contributed by atoms with van der Waals surface area (Å²) < 4.78 is 0. The van der Waals surface area contributed by atoms with Gasteiger partial charge in [0.1, 0.15) is 11.1 Å². The van der Waals surface area contributed by atoms with E-state index >= 15 is 0 Å². The molecule has 0 fully saturated rings. The van der Waals surface area contributed by atoms with E-state index < -0.39 is 0 Å². The van der Waals surface area contributed by atoms with Crippen LogP contribution in [0.15, 0.2) is 12.2 Å². The monoisotopic (exact) mass is 286 g/mol. The van der Waals surface area contributed by atoms with Crippen molar-refractivity contribution < 1.29 is 4.79 Å². The van der Waals surface area contributed by atoms with Crippen LogP contribution in [0.2, 0.25) is 0 Å². The SMILES string of the molecule is N#Cc1c(NC(=O)C2CC=CCC2)sc2c1CCCC2. The van der Waals surface area contributed by atoms with Crippen LogP contribution in [0.4, 0.5) is 5.00 Å². The third-order valence-electron chi connectivity index (χ3n) is 4.16. The van der Waals surface area contributed by atoms with Gasteiger partial charge in [-0.3, -0.25) is 4.79 Å². The zero-order valence-corrected chi connectivity index (χ0v) is 12.3. The van der Waals surface area contributed by atoms with E-state index in [0.29, 0.717) is 5.56 Å². The maximum Gasteiger partial charge on any atom is 0.228 e. The summed E-state index contributed by atoms with van der Waals surface area (Å²) in [5, 5.41) is 13.2. The van der Waals surface area contributed by atoms with Gasteiger partial charge in [-0.15, -0.1) is 11.3 Å². The van der Waals surface area contributed by atoms with Gasteiger partial charge in [-0.25, -0.2) is 0 Å². The molecule has 1 N–H and O–H groups in total. The maximum atomic E-state index is 12.3. The van der Waals surface area contributed by atoms with Gasteiger partial charge in [0, 0.05) is 10.8 Å². The minimum atomic E-state index is 0.0608. The lowest BCUT2D eigenvalue weighted by Gasteiger charge is -2.16. The topological polar surface area (TPSA) is 52.9 Å². The molecule has 1 aromatic rings. The third kappa shape index (κ3) is 2.51. The van der Waals surface area contributed by atoms with Gasteiger partial charge in [0.2, 0.25) is 5.91 Å². The third-order valence-corrected chi connectivity index (χ3v) is 5.37. The highest BCUT2D eigenvalue weighted by molar-refractivity contribution is 7.16. The molecule has 0 aromatic carbocycles. The fourth-order valence-corrected chi connectivity index (χ4v) is 4.26. The van der Waals surface area contributed by atoms with Gasteiger partial charge in [0.25, 0.3) is 0 Å². The number of nitrogens with zero attached hydrogens (tertiary/aromatic N) is 1. The Morgan fingerprint density at radius 3 is 2.95 bits per heavy atom. The number of carbonyl (C=O) groups is 1. The highest BCUT2D eigenvalue weighted by Gasteiger charge is 2.24. The molecule has 0 radical (unpaired) electrons. The van der Waals surface area contributed by atoms with E-state index in [1.54, 1.807) is 11.3 Å². The van der Waals surface area contributed by atoms with Gasteiger partial charge >= 0.3 is 0 Å². The lowest BCUT2D eigenvalue weighted by Crippen LogP contribution is -2.23. The number of nitriles is 1. The van der Waals surface area contributed by atoms with E-state index in [-0.39, 0.29) is 11.8 Å². The molecule has 0 saturated carbocycles. The number of allylic oxidation sites excluding steroid dienone is 2. The molecule has 20 heavy (non-hydrogen) atoms. The number of anilines is 1. The second-order valence-electron chi connectivity index (χ2n) is 5.50. The van der Waals surface area contributed by atoms with Crippen molar-refractivity contribution in [2.45, 2.75) is 44.9 Å². The largest absolute Gasteiger partial charge is 0.316 e. The second kappa shape index (κ2) is 5.80. The van der Waals surface area contributed by atoms with E-state index in [1.165, 1.54) is 16.9 Å². The predicted molar refractivity (Wildman–Crippen MR) is 80.8 cm³/mol. The first-order chi connectivity index (χ1) is 9.79. The number of nitrogens with one attached hydrogen (secondary N) is 1. The van der Waals surface area contributed by atoms with Gasteiger partial charge in [0.15, 0.2) is 0 Å². The number of fused-ring (bicyclic) bond motifs is 1. The van der Waals surface area contributed by atoms with Crippen LogP contribution in [-0.2, 0) is 17.6 Å². The van der Waals surface area contributed by atoms with Crippen molar-refractivity contribution in [3.63, 3.8) is 0 Å². The van der Waals surface area contributed by atoms with Crippen molar-refractivity contribution in [1.82, 2.24) is 0 Å². The summed E-state index contributed by atoms with van der Waals surface area (Å²) in [6.07, 6.45) is 11.3. The van der Waals surface area contributed by atoms with Gasteiger partial charge in [-0.05, 0) is 50.5 Å². The average molecular weight is 286 g/mol. The van der Waals surface area contributed by atoms with Crippen molar-refractivity contribution in [2.24, 2.45) is 5.92 Å². The molecule has 3 nitrogen and oxygen atoms in total. The molecular formula is C16H18N2OS. The number of hydrogen-bond acceptors (Lipinski definition) is 3. The molecule has 0 bridgehead atoms. The van der Waals surface area contributed by atoms with Gasteiger partial charge in [0.05, 0.1) is 5.56 Å². The molecule has 1 amide bonds. The first kappa shape index (κ1) is 13.4. The van der Waals surface area contributed by atoms with Crippen molar-refractivity contribution >= 4 is 22.2 Å². The first-order valence-corrected chi connectivity index (χ1v) is 8.11. The molecular weight excluding hydrogens is 268 g/mol. The van der Waals surface area contributed by atoms with Crippen molar-refractivity contribution in [3.8, 4) is 6.07 Å². The Morgan fingerprint density at radius 1 is 1.35 bits per heavy atom. The summed E-state index contributed by atoms with van der Waals surface area (Å²) in [6.45, 7) is 0. The minimum Gasteiger partial charge on any atom is -0.316 e. The van der Waals surface area contributed by atoms with E-state index in [1.807, 2.05) is 0 Å². The summed E-state index contributed by atoms with van der Waals surface area (Å²) >= 11 is 1.61. The van der Waals surface area contributed by atoms with Crippen LogP contribution in [0.3, 0.4) is 0 Å². The molecule has 1 unspecified atom stereocenters. The predicted octanol–water partition coefficient (Wildman–Crippen LogP) is 3.79. The Bertz CT molecular complexity index is 594. The van der Waals surface area contributed by atoms with Crippen LogP contribution < -0.4 is 5.32 Å². The molecule has 4 heteroatoms. The number of rotatable bonds is 2. The molecule has 1 atom stereocenters. The van der Waals surface area contributed by atoms with Crippen molar-refractivity contribution in [1.29, 1.82) is 5.26 Å². The van der Waals surface area contributed by atoms with Crippen LogP contribution in [0.1, 0.15) is 48.1 Å². The number of carbonyl (C=O) groups excluding carboxylic acids is 1. The molecule has 0 aliphatic heterocycles. The van der Waals surface area contributed by atoms with E-state index in [4.69, 9.17) is 0 Å². The van der Waals surface area contributed by atoms with Crippen LogP contribution in [-0.4, -0.2) is 5.91 Å². The fraction of sp³-hybridized carbons (Fsp3) is 0.500. The molecule has 1 heterocycles. The Labute approximate surface area is 123 Å². The van der Waals surface area contributed by atoms with Gasteiger partial charge in [-0.1, -0.05) is 12.2 Å². The molecule has 104 valence electrons. The van der Waals surface area contributed by atoms with Crippen LogP contribution in [0, 0.1) is 17.2 Å². The minimum absolute atomic E-state index is 0.0608. The summed E-state index contributed by atoms with van der Waals surface area (Å²) in [5.41, 5.74) is 1.90. The molecule has 2 aliphatic carbocycles. The normalized spacial score (nSPS) is 21.1. The number of thiophene rings is 1. The molecule has 0 saturated heterocycles. The Balaban J connectivity index is 1.80. The van der Waals surface area contributed by atoms with Crippen LogP contribution in [0.25, 0.3) is 0 Å². The van der Waals surface area contributed by atoms with Crippen LogP contribution >= 0.6 is 11.3 Å². The molecule has 2 aliphatic rings.